The van der Waals surface area contributed by atoms with Gasteiger partial charge in [0.05, 0.1) is 22.8 Å². The van der Waals surface area contributed by atoms with Gasteiger partial charge in [-0.15, -0.1) is 0 Å². The maximum Gasteiger partial charge on any atom is 0.125 e. The highest BCUT2D eigenvalue weighted by Crippen LogP contribution is 2.26. The molecular weight excluding hydrogens is 236 g/mol. The number of nitrogens with zero attached hydrogens (tertiary/aromatic N) is 2. The van der Waals surface area contributed by atoms with Crippen molar-refractivity contribution in [2.24, 2.45) is 9.98 Å². The molecule has 96 valence electrons. The van der Waals surface area contributed by atoms with Gasteiger partial charge >= 0.3 is 0 Å². The van der Waals surface area contributed by atoms with Crippen molar-refractivity contribution in [2.75, 3.05) is 0 Å². The predicted octanol–water partition coefficient (Wildman–Crippen LogP) is 2.11. The molecule has 3 heteroatoms. The standard InChI is InChI=1S/C16H16N2O/c19-15-9-14-16(11-6-2-1-5-10(11)15)18-13-8-4-3-7-12(13)17-14/h1-2,5-6,9,12-13,19H,3-4,7-8H2/t12-,13-/m1/s1. The highest BCUT2D eigenvalue weighted by Gasteiger charge is 2.26. The first-order valence-electron chi connectivity index (χ1n) is 6.99. The van der Waals surface area contributed by atoms with Crippen molar-refractivity contribution >= 4 is 10.8 Å². The van der Waals surface area contributed by atoms with Gasteiger partial charge in [-0.3, -0.25) is 9.98 Å². The Morgan fingerprint density at radius 2 is 1.63 bits per heavy atom. The van der Waals surface area contributed by atoms with Gasteiger partial charge in [0, 0.05) is 16.8 Å². The van der Waals surface area contributed by atoms with E-state index in [9.17, 15) is 5.11 Å². The summed E-state index contributed by atoms with van der Waals surface area (Å²) in [6.45, 7) is 0. The normalized spacial score (nSPS) is 25.1. The molecular formula is C16H16N2O. The molecule has 1 N–H and O–H groups in total. The average molecular weight is 252 g/mol. The van der Waals surface area contributed by atoms with Gasteiger partial charge in [0.25, 0.3) is 0 Å². The zero-order valence-electron chi connectivity index (χ0n) is 10.7. The third-order valence-electron chi connectivity index (χ3n) is 4.27. The van der Waals surface area contributed by atoms with Crippen LogP contribution in [0.15, 0.2) is 40.3 Å². The van der Waals surface area contributed by atoms with Crippen LogP contribution in [0, 0.1) is 0 Å². The molecule has 0 unspecified atom stereocenters. The van der Waals surface area contributed by atoms with Crippen molar-refractivity contribution in [2.45, 2.75) is 37.8 Å². The number of phenolic OH excluding ortho intramolecular Hbond substituents is 1. The molecule has 0 bridgehead atoms. The minimum absolute atomic E-state index is 0.308. The molecule has 2 aliphatic rings. The van der Waals surface area contributed by atoms with Gasteiger partial charge in [-0.2, -0.15) is 0 Å². The van der Waals surface area contributed by atoms with Crippen LogP contribution in [-0.2, 0) is 0 Å². The fraction of sp³-hybridized carbons (Fsp3) is 0.375. The Labute approximate surface area is 111 Å². The first kappa shape index (κ1) is 11.0. The minimum Gasteiger partial charge on any atom is -0.507 e. The summed E-state index contributed by atoms with van der Waals surface area (Å²) in [5, 5.41) is 13.8. The summed E-state index contributed by atoms with van der Waals surface area (Å²) in [4.78, 5) is 9.76. The lowest BCUT2D eigenvalue weighted by atomic mass is 9.90. The number of hydrogen-bond donors (Lipinski definition) is 1. The second-order valence-corrected chi connectivity index (χ2v) is 5.49. The summed E-state index contributed by atoms with van der Waals surface area (Å²) in [6.07, 6.45) is 4.77. The minimum atomic E-state index is 0.308. The van der Waals surface area contributed by atoms with E-state index in [0.717, 1.165) is 34.3 Å². The molecule has 0 aromatic heterocycles. The van der Waals surface area contributed by atoms with Crippen LogP contribution in [0.4, 0.5) is 0 Å². The van der Waals surface area contributed by atoms with E-state index in [1.165, 1.54) is 12.8 Å². The van der Waals surface area contributed by atoms with Crippen molar-refractivity contribution in [3.8, 4) is 5.75 Å². The molecule has 1 aliphatic carbocycles. The van der Waals surface area contributed by atoms with E-state index < -0.39 is 0 Å². The fourth-order valence-electron chi connectivity index (χ4n) is 3.30. The van der Waals surface area contributed by atoms with E-state index in [2.05, 4.69) is 0 Å². The Morgan fingerprint density at radius 1 is 0.947 bits per heavy atom. The number of fused-ring (bicyclic) bond motifs is 4. The molecule has 1 aliphatic heterocycles. The molecule has 0 radical (unpaired) electrons. The summed E-state index contributed by atoms with van der Waals surface area (Å²) in [7, 11) is 0. The summed E-state index contributed by atoms with van der Waals surface area (Å²) in [5.41, 5.74) is 0. The lowest BCUT2D eigenvalue weighted by Crippen LogP contribution is -2.41. The smallest absolute Gasteiger partial charge is 0.125 e. The van der Waals surface area contributed by atoms with Crippen LogP contribution in [0.1, 0.15) is 25.7 Å². The molecule has 2 atom stereocenters. The van der Waals surface area contributed by atoms with Crippen LogP contribution < -0.4 is 10.7 Å². The molecule has 4 rings (SSSR count). The second-order valence-electron chi connectivity index (χ2n) is 5.49. The molecule has 0 amide bonds. The molecule has 1 fully saturated rings. The van der Waals surface area contributed by atoms with Crippen LogP contribution >= 0.6 is 0 Å². The van der Waals surface area contributed by atoms with Gasteiger partial charge in [0.2, 0.25) is 0 Å². The third-order valence-corrected chi connectivity index (χ3v) is 4.27. The van der Waals surface area contributed by atoms with Gasteiger partial charge in [0.15, 0.2) is 0 Å². The maximum absolute atomic E-state index is 10.1. The average Bonchev–Trinajstić information content (AvgIpc) is 2.46. The van der Waals surface area contributed by atoms with E-state index in [-0.39, 0.29) is 0 Å². The molecule has 3 nitrogen and oxygen atoms in total. The number of aromatic hydroxyl groups is 1. The van der Waals surface area contributed by atoms with E-state index in [0.29, 0.717) is 17.8 Å². The Morgan fingerprint density at radius 3 is 2.42 bits per heavy atom. The molecule has 2 aromatic carbocycles. The maximum atomic E-state index is 10.1. The van der Waals surface area contributed by atoms with E-state index >= 15 is 0 Å². The SMILES string of the molecule is Oc1cc2c(c3ccccc13)=N[C@@H]1CCCC[C@H]1N=2. The molecule has 1 saturated carbocycles. The molecule has 2 aromatic rings. The topological polar surface area (TPSA) is 45.0 Å². The molecule has 19 heavy (non-hydrogen) atoms. The monoisotopic (exact) mass is 252 g/mol. The lowest BCUT2D eigenvalue weighted by molar-refractivity contribution is 0.369. The van der Waals surface area contributed by atoms with Crippen LogP contribution in [0.2, 0.25) is 0 Å². The summed E-state index contributed by atoms with van der Waals surface area (Å²) in [5.74, 6) is 0.308. The number of hydrogen-bond acceptors (Lipinski definition) is 3. The summed E-state index contributed by atoms with van der Waals surface area (Å²) >= 11 is 0. The van der Waals surface area contributed by atoms with E-state index in [1.54, 1.807) is 6.07 Å². The Hall–Kier alpha value is -1.90. The van der Waals surface area contributed by atoms with Crippen molar-refractivity contribution in [1.82, 2.24) is 0 Å². The van der Waals surface area contributed by atoms with Gasteiger partial charge in [-0.05, 0) is 12.8 Å². The zero-order valence-corrected chi connectivity index (χ0v) is 10.7. The Bertz CT molecular complexity index is 766. The van der Waals surface area contributed by atoms with Gasteiger partial charge in [0.1, 0.15) is 5.75 Å². The second kappa shape index (κ2) is 4.05. The quantitative estimate of drug-likeness (QED) is 0.767. The zero-order chi connectivity index (χ0) is 12.8. The first-order valence-corrected chi connectivity index (χ1v) is 6.99. The molecule has 0 saturated heterocycles. The number of phenols is 1. The van der Waals surface area contributed by atoms with Gasteiger partial charge in [-0.1, -0.05) is 37.1 Å². The van der Waals surface area contributed by atoms with Gasteiger partial charge in [-0.25, -0.2) is 0 Å². The van der Waals surface area contributed by atoms with Crippen molar-refractivity contribution < 1.29 is 5.11 Å². The highest BCUT2D eigenvalue weighted by molar-refractivity contribution is 5.87. The first-order chi connectivity index (χ1) is 9.33. The van der Waals surface area contributed by atoms with Crippen molar-refractivity contribution in [1.29, 1.82) is 0 Å². The van der Waals surface area contributed by atoms with Crippen LogP contribution in [0.3, 0.4) is 0 Å². The van der Waals surface area contributed by atoms with Gasteiger partial charge < -0.3 is 5.11 Å². The Balaban J connectivity index is 2.08. The lowest BCUT2D eigenvalue weighted by Gasteiger charge is -2.27. The van der Waals surface area contributed by atoms with Crippen LogP contribution in [0.5, 0.6) is 5.75 Å². The predicted molar refractivity (Wildman–Crippen MR) is 74.0 cm³/mol. The molecule has 1 heterocycles. The van der Waals surface area contributed by atoms with Crippen molar-refractivity contribution in [3.63, 3.8) is 0 Å². The highest BCUT2D eigenvalue weighted by atomic mass is 16.3. The number of benzene rings is 2. The van der Waals surface area contributed by atoms with E-state index in [1.807, 2.05) is 24.3 Å². The fourth-order valence-corrected chi connectivity index (χ4v) is 3.30. The largest absolute Gasteiger partial charge is 0.507 e. The van der Waals surface area contributed by atoms with Crippen LogP contribution in [0.25, 0.3) is 10.8 Å². The Kier molecular flexibility index (Phi) is 2.34. The summed E-state index contributed by atoms with van der Waals surface area (Å²) < 4.78 is 0. The van der Waals surface area contributed by atoms with Crippen LogP contribution in [-0.4, -0.2) is 17.2 Å². The van der Waals surface area contributed by atoms with E-state index in [4.69, 9.17) is 9.98 Å². The number of rotatable bonds is 0. The molecule has 0 spiro atoms. The third kappa shape index (κ3) is 1.65. The van der Waals surface area contributed by atoms with Crippen molar-refractivity contribution in [3.05, 3.63) is 41.0 Å². The summed E-state index contributed by atoms with van der Waals surface area (Å²) in [6, 6.07) is 10.3.